The number of likely N-dealkylation sites (tertiary alicyclic amines) is 1. The molecule has 1 heterocycles. The third-order valence-electron chi connectivity index (χ3n) is 5.75. The fraction of sp³-hybridized carbons (Fsp3) is 0.480. The number of hydrogen-bond donors (Lipinski definition) is 1. The Bertz CT molecular complexity index is 820. The van der Waals surface area contributed by atoms with Crippen molar-refractivity contribution in [1.82, 2.24) is 10.2 Å². The van der Waals surface area contributed by atoms with Crippen LogP contribution in [0.3, 0.4) is 0 Å². The minimum Gasteiger partial charge on any atom is -0.493 e. The molecular formula is C25H34N2O3. The van der Waals surface area contributed by atoms with Crippen molar-refractivity contribution in [2.24, 2.45) is 5.92 Å². The van der Waals surface area contributed by atoms with Crippen LogP contribution in [0.2, 0.25) is 0 Å². The molecule has 0 unspecified atom stereocenters. The molecule has 1 amide bonds. The summed E-state index contributed by atoms with van der Waals surface area (Å²) in [5, 5.41) is 3.02. The Labute approximate surface area is 180 Å². The van der Waals surface area contributed by atoms with Crippen LogP contribution in [0.1, 0.15) is 42.9 Å². The van der Waals surface area contributed by atoms with E-state index >= 15 is 0 Å². The topological polar surface area (TPSA) is 50.8 Å². The second-order valence-electron chi connectivity index (χ2n) is 8.27. The summed E-state index contributed by atoms with van der Waals surface area (Å²) in [7, 11) is 3.23. The molecule has 1 fully saturated rings. The fourth-order valence-corrected chi connectivity index (χ4v) is 4.03. The Kier molecular flexibility index (Phi) is 8.14. The van der Waals surface area contributed by atoms with Crippen LogP contribution in [0.5, 0.6) is 11.5 Å². The van der Waals surface area contributed by atoms with E-state index < -0.39 is 0 Å². The zero-order valence-corrected chi connectivity index (χ0v) is 18.4. The van der Waals surface area contributed by atoms with E-state index in [1.54, 1.807) is 14.2 Å². The molecule has 2 aromatic carbocycles. The monoisotopic (exact) mass is 410 g/mol. The minimum absolute atomic E-state index is 0.0520. The van der Waals surface area contributed by atoms with Crippen molar-refractivity contribution in [2.45, 2.75) is 45.7 Å². The lowest BCUT2D eigenvalue weighted by Gasteiger charge is -2.30. The van der Waals surface area contributed by atoms with E-state index in [0.717, 1.165) is 23.6 Å². The van der Waals surface area contributed by atoms with Gasteiger partial charge in [-0.25, -0.2) is 0 Å². The molecule has 0 bridgehead atoms. The first-order valence-electron chi connectivity index (χ1n) is 10.8. The van der Waals surface area contributed by atoms with Gasteiger partial charge in [0, 0.05) is 26.1 Å². The standard InChI is InChI=1S/C25H34N2O3/c1-19-5-4-14-27(17-19)18-22-8-6-21(7-9-22)16-26-25(28)13-11-20-10-12-23(29-2)24(15-20)30-3/h6-10,12,15,19H,4-5,11,13-14,16-18H2,1-3H3,(H,26,28)/t19-/m0/s1. The van der Waals surface area contributed by atoms with Gasteiger partial charge < -0.3 is 14.8 Å². The van der Waals surface area contributed by atoms with Crippen molar-refractivity contribution in [1.29, 1.82) is 0 Å². The SMILES string of the molecule is COc1ccc(CCC(=O)NCc2ccc(CN3CCC[C@H](C)C3)cc2)cc1OC. The van der Waals surface area contributed by atoms with Gasteiger partial charge in [0.15, 0.2) is 11.5 Å². The van der Waals surface area contributed by atoms with Gasteiger partial charge in [0.2, 0.25) is 5.91 Å². The quantitative estimate of drug-likeness (QED) is 0.674. The van der Waals surface area contributed by atoms with Gasteiger partial charge in [0.25, 0.3) is 0 Å². The highest BCUT2D eigenvalue weighted by atomic mass is 16.5. The van der Waals surface area contributed by atoms with E-state index in [1.807, 2.05) is 18.2 Å². The second-order valence-corrected chi connectivity index (χ2v) is 8.27. The Balaban J connectivity index is 1.42. The van der Waals surface area contributed by atoms with Crippen LogP contribution in [0.15, 0.2) is 42.5 Å². The molecule has 1 saturated heterocycles. The van der Waals surface area contributed by atoms with E-state index in [2.05, 4.69) is 41.4 Å². The molecule has 1 aliphatic rings. The zero-order valence-electron chi connectivity index (χ0n) is 18.4. The van der Waals surface area contributed by atoms with Crippen molar-refractivity contribution >= 4 is 5.91 Å². The number of carbonyl (C=O) groups is 1. The molecule has 5 heteroatoms. The molecule has 1 N–H and O–H groups in total. The van der Waals surface area contributed by atoms with Crippen molar-refractivity contribution in [2.75, 3.05) is 27.3 Å². The first-order chi connectivity index (χ1) is 14.6. The van der Waals surface area contributed by atoms with Crippen molar-refractivity contribution in [3.8, 4) is 11.5 Å². The number of nitrogens with zero attached hydrogens (tertiary/aromatic N) is 1. The maximum atomic E-state index is 12.3. The Hall–Kier alpha value is -2.53. The van der Waals surface area contributed by atoms with Gasteiger partial charge >= 0.3 is 0 Å². The van der Waals surface area contributed by atoms with Crippen LogP contribution < -0.4 is 14.8 Å². The van der Waals surface area contributed by atoms with Crippen LogP contribution in [0, 0.1) is 5.92 Å². The fourth-order valence-electron chi connectivity index (χ4n) is 4.03. The minimum atomic E-state index is 0.0520. The van der Waals surface area contributed by atoms with Crippen molar-refractivity contribution in [3.63, 3.8) is 0 Å². The number of rotatable bonds is 9. The Morgan fingerprint density at radius 3 is 2.43 bits per heavy atom. The highest BCUT2D eigenvalue weighted by Crippen LogP contribution is 2.28. The number of carbonyl (C=O) groups excluding carboxylic acids is 1. The summed E-state index contributed by atoms with van der Waals surface area (Å²) in [5.41, 5.74) is 3.53. The third-order valence-corrected chi connectivity index (χ3v) is 5.75. The normalized spacial score (nSPS) is 16.8. The van der Waals surface area contributed by atoms with Gasteiger partial charge in [-0.3, -0.25) is 9.69 Å². The van der Waals surface area contributed by atoms with Crippen molar-refractivity contribution < 1.29 is 14.3 Å². The number of ether oxygens (including phenoxy) is 2. The number of amides is 1. The van der Waals surface area contributed by atoms with Gasteiger partial charge in [-0.1, -0.05) is 37.3 Å². The lowest BCUT2D eigenvalue weighted by atomic mass is 9.99. The smallest absolute Gasteiger partial charge is 0.220 e. The average molecular weight is 411 g/mol. The predicted octanol–water partition coefficient (Wildman–Crippen LogP) is 4.18. The van der Waals surface area contributed by atoms with Crippen LogP contribution in [0.4, 0.5) is 0 Å². The van der Waals surface area contributed by atoms with E-state index in [1.165, 1.54) is 31.5 Å². The van der Waals surface area contributed by atoms with Gasteiger partial charge in [0.1, 0.15) is 0 Å². The van der Waals surface area contributed by atoms with Crippen molar-refractivity contribution in [3.05, 3.63) is 59.2 Å². The molecule has 5 nitrogen and oxygen atoms in total. The summed E-state index contributed by atoms with van der Waals surface area (Å²) in [4.78, 5) is 14.8. The van der Waals surface area contributed by atoms with Gasteiger partial charge in [0.05, 0.1) is 14.2 Å². The Morgan fingerprint density at radius 2 is 1.73 bits per heavy atom. The molecule has 3 rings (SSSR count). The molecule has 0 aromatic heterocycles. The highest BCUT2D eigenvalue weighted by Gasteiger charge is 2.16. The zero-order chi connectivity index (χ0) is 21.3. The van der Waals surface area contributed by atoms with Crippen LogP contribution in [-0.2, 0) is 24.3 Å². The van der Waals surface area contributed by atoms with E-state index in [9.17, 15) is 4.79 Å². The van der Waals surface area contributed by atoms with E-state index in [-0.39, 0.29) is 5.91 Å². The molecular weight excluding hydrogens is 376 g/mol. The van der Waals surface area contributed by atoms with Crippen LogP contribution >= 0.6 is 0 Å². The van der Waals surface area contributed by atoms with E-state index in [0.29, 0.717) is 30.9 Å². The highest BCUT2D eigenvalue weighted by molar-refractivity contribution is 5.76. The maximum absolute atomic E-state index is 12.3. The summed E-state index contributed by atoms with van der Waals surface area (Å²) >= 11 is 0. The summed E-state index contributed by atoms with van der Waals surface area (Å²) in [6.07, 6.45) is 3.76. The summed E-state index contributed by atoms with van der Waals surface area (Å²) in [6.45, 7) is 6.30. The Morgan fingerprint density at radius 1 is 1.03 bits per heavy atom. The number of benzene rings is 2. The average Bonchev–Trinajstić information content (AvgIpc) is 2.77. The van der Waals surface area contributed by atoms with Crippen LogP contribution in [-0.4, -0.2) is 38.1 Å². The number of aryl methyl sites for hydroxylation is 1. The molecule has 0 spiro atoms. The number of nitrogens with one attached hydrogen (secondary N) is 1. The van der Waals surface area contributed by atoms with Gasteiger partial charge in [-0.15, -0.1) is 0 Å². The molecule has 1 atom stereocenters. The van der Waals surface area contributed by atoms with Gasteiger partial charge in [-0.05, 0) is 60.5 Å². The van der Waals surface area contributed by atoms with Gasteiger partial charge in [-0.2, -0.15) is 0 Å². The van der Waals surface area contributed by atoms with Crippen LogP contribution in [0.25, 0.3) is 0 Å². The summed E-state index contributed by atoms with van der Waals surface area (Å²) in [6, 6.07) is 14.4. The third kappa shape index (κ3) is 6.49. The molecule has 0 aliphatic carbocycles. The molecule has 1 aliphatic heterocycles. The first-order valence-corrected chi connectivity index (χ1v) is 10.8. The lowest BCUT2D eigenvalue weighted by molar-refractivity contribution is -0.121. The summed E-state index contributed by atoms with van der Waals surface area (Å²) in [5.74, 6) is 2.24. The molecule has 30 heavy (non-hydrogen) atoms. The van der Waals surface area contributed by atoms with E-state index in [4.69, 9.17) is 9.47 Å². The summed E-state index contributed by atoms with van der Waals surface area (Å²) < 4.78 is 10.6. The molecule has 0 radical (unpaired) electrons. The lowest BCUT2D eigenvalue weighted by Crippen LogP contribution is -2.33. The number of piperidine rings is 1. The molecule has 162 valence electrons. The predicted molar refractivity (Wildman–Crippen MR) is 120 cm³/mol. The molecule has 0 saturated carbocycles. The number of methoxy groups -OCH3 is 2. The maximum Gasteiger partial charge on any atom is 0.220 e. The first kappa shape index (κ1) is 22.2. The second kappa shape index (κ2) is 11.0. The number of hydrogen-bond acceptors (Lipinski definition) is 4. The largest absolute Gasteiger partial charge is 0.493 e. The molecule has 2 aromatic rings.